The minimum atomic E-state index is 0.424. The molecule has 3 aromatic heterocycles. The summed E-state index contributed by atoms with van der Waals surface area (Å²) >= 11 is 5.87. The SMILES string of the molecule is Cc1nc(Cl)cc2nnc(Cn3cccn3)n12. The van der Waals surface area contributed by atoms with Crippen molar-refractivity contribution in [3.63, 3.8) is 0 Å². The van der Waals surface area contributed by atoms with E-state index in [9.17, 15) is 0 Å². The first kappa shape index (κ1) is 10.2. The summed E-state index contributed by atoms with van der Waals surface area (Å²) in [5, 5.41) is 12.8. The normalized spacial score (nSPS) is 11.2. The summed E-state index contributed by atoms with van der Waals surface area (Å²) in [7, 11) is 0. The van der Waals surface area contributed by atoms with Gasteiger partial charge in [0.15, 0.2) is 11.5 Å². The molecule has 0 aromatic carbocycles. The highest BCUT2D eigenvalue weighted by Crippen LogP contribution is 2.12. The summed E-state index contributed by atoms with van der Waals surface area (Å²) in [5.41, 5.74) is 0.699. The van der Waals surface area contributed by atoms with Crippen LogP contribution in [-0.2, 0) is 6.54 Å². The molecule has 0 bridgehead atoms. The third kappa shape index (κ3) is 1.76. The minimum Gasteiger partial charge on any atom is -0.265 e. The van der Waals surface area contributed by atoms with E-state index in [0.29, 0.717) is 17.3 Å². The van der Waals surface area contributed by atoms with Gasteiger partial charge in [-0.25, -0.2) is 4.98 Å². The Balaban J connectivity index is 2.12. The van der Waals surface area contributed by atoms with Crippen molar-refractivity contribution < 1.29 is 0 Å². The lowest BCUT2D eigenvalue weighted by Crippen LogP contribution is -2.07. The molecule has 0 aliphatic heterocycles. The molecule has 0 atom stereocenters. The van der Waals surface area contributed by atoms with Gasteiger partial charge in [0, 0.05) is 18.5 Å². The first-order valence-electron chi connectivity index (χ1n) is 5.08. The molecule has 0 saturated heterocycles. The topological polar surface area (TPSA) is 60.9 Å². The van der Waals surface area contributed by atoms with Crippen LogP contribution in [0.1, 0.15) is 11.6 Å². The Morgan fingerprint density at radius 1 is 1.35 bits per heavy atom. The zero-order valence-electron chi connectivity index (χ0n) is 9.08. The number of aromatic nitrogens is 6. The molecule has 0 spiro atoms. The lowest BCUT2D eigenvalue weighted by atomic mass is 10.5. The third-order valence-electron chi connectivity index (χ3n) is 2.46. The largest absolute Gasteiger partial charge is 0.265 e. The zero-order chi connectivity index (χ0) is 11.8. The monoisotopic (exact) mass is 248 g/mol. The molecule has 0 unspecified atom stereocenters. The van der Waals surface area contributed by atoms with Gasteiger partial charge in [-0.2, -0.15) is 5.10 Å². The fourth-order valence-corrected chi connectivity index (χ4v) is 1.98. The number of fused-ring (bicyclic) bond motifs is 1. The molecular formula is C10H9ClN6. The molecule has 86 valence electrons. The predicted molar refractivity (Wildman–Crippen MR) is 61.9 cm³/mol. The second-order valence-electron chi connectivity index (χ2n) is 3.64. The van der Waals surface area contributed by atoms with Crippen LogP contribution in [0.2, 0.25) is 5.15 Å². The van der Waals surface area contributed by atoms with Crippen molar-refractivity contribution >= 4 is 17.2 Å². The van der Waals surface area contributed by atoms with Crippen molar-refractivity contribution in [1.82, 2.24) is 29.4 Å². The second kappa shape index (κ2) is 3.81. The summed E-state index contributed by atoms with van der Waals surface area (Å²) in [4.78, 5) is 4.18. The molecule has 0 aliphatic carbocycles. The molecule has 0 saturated carbocycles. The molecule has 0 aliphatic rings. The van der Waals surface area contributed by atoms with Crippen LogP contribution in [0.5, 0.6) is 0 Å². The number of aryl methyl sites for hydroxylation is 1. The zero-order valence-corrected chi connectivity index (χ0v) is 9.83. The van der Waals surface area contributed by atoms with Crippen molar-refractivity contribution in [2.24, 2.45) is 0 Å². The van der Waals surface area contributed by atoms with Gasteiger partial charge in [-0.1, -0.05) is 11.6 Å². The van der Waals surface area contributed by atoms with Crippen molar-refractivity contribution in [1.29, 1.82) is 0 Å². The Labute approximate surface area is 102 Å². The highest BCUT2D eigenvalue weighted by Gasteiger charge is 2.10. The maximum absolute atomic E-state index is 5.87. The molecule has 7 heteroatoms. The summed E-state index contributed by atoms with van der Waals surface area (Å²) in [6.45, 7) is 2.42. The van der Waals surface area contributed by atoms with E-state index in [4.69, 9.17) is 11.6 Å². The number of hydrogen-bond acceptors (Lipinski definition) is 4. The number of hydrogen-bond donors (Lipinski definition) is 0. The molecule has 0 N–H and O–H groups in total. The highest BCUT2D eigenvalue weighted by molar-refractivity contribution is 6.29. The van der Waals surface area contributed by atoms with E-state index in [2.05, 4.69) is 20.3 Å². The fraction of sp³-hybridized carbons (Fsp3) is 0.200. The average molecular weight is 249 g/mol. The Morgan fingerprint density at radius 2 is 2.24 bits per heavy atom. The van der Waals surface area contributed by atoms with Gasteiger partial charge < -0.3 is 0 Å². The first-order chi connectivity index (χ1) is 8.24. The lowest BCUT2D eigenvalue weighted by Gasteiger charge is -2.03. The van der Waals surface area contributed by atoms with Gasteiger partial charge in [0.1, 0.15) is 17.5 Å². The van der Waals surface area contributed by atoms with Crippen LogP contribution in [0, 0.1) is 6.92 Å². The molecule has 0 fully saturated rings. The van der Waals surface area contributed by atoms with E-state index in [0.717, 1.165) is 11.6 Å². The summed E-state index contributed by atoms with van der Waals surface area (Å²) < 4.78 is 3.65. The predicted octanol–water partition coefficient (Wildman–Crippen LogP) is 1.33. The molecule has 17 heavy (non-hydrogen) atoms. The fourth-order valence-electron chi connectivity index (χ4n) is 1.76. The van der Waals surface area contributed by atoms with Gasteiger partial charge >= 0.3 is 0 Å². The smallest absolute Gasteiger partial charge is 0.165 e. The molecule has 3 aromatic rings. The van der Waals surface area contributed by atoms with Gasteiger partial charge in [-0.15, -0.1) is 10.2 Å². The van der Waals surface area contributed by atoms with Gasteiger partial charge in [-0.3, -0.25) is 9.08 Å². The number of halogens is 1. The van der Waals surface area contributed by atoms with Crippen molar-refractivity contribution in [3.8, 4) is 0 Å². The Morgan fingerprint density at radius 3 is 3.00 bits per heavy atom. The van der Waals surface area contributed by atoms with E-state index in [1.54, 1.807) is 16.9 Å². The molecular weight excluding hydrogens is 240 g/mol. The lowest BCUT2D eigenvalue weighted by molar-refractivity contribution is 0.645. The molecule has 3 heterocycles. The van der Waals surface area contributed by atoms with E-state index in [-0.39, 0.29) is 0 Å². The number of rotatable bonds is 2. The summed E-state index contributed by atoms with van der Waals surface area (Å²) in [6, 6.07) is 3.55. The van der Waals surface area contributed by atoms with E-state index >= 15 is 0 Å². The van der Waals surface area contributed by atoms with Crippen LogP contribution < -0.4 is 0 Å². The van der Waals surface area contributed by atoms with Crippen molar-refractivity contribution in [2.45, 2.75) is 13.5 Å². The second-order valence-corrected chi connectivity index (χ2v) is 4.03. The van der Waals surface area contributed by atoms with Gasteiger partial charge in [0.05, 0.1) is 0 Å². The van der Waals surface area contributed by atoms with Crippen LogP contribution in [0.3, 0.4) is 0 Å². The highest BCUT2D eigenvalue weighted by atomic mass is 35.5. The van der Waals surface area contributed by atoms with Gasteiger partial charge in [0.2, 0.25) is 0 Å². The summed E-state index contributed by atoms with van der Waals surface area (Å²) in [5.74, 6) is 1.55. The van der Waals surface area contributed by atoms with E-state index < -0.39 is 0 Å². The maximum atomic E-state index is 5.87. The molecule has 6 nitrogen and oxygen atoms in total. The minimum absolute atomic E-state index is 0.424. The number of nitrogens with zero attached hydrogens (tertiary/aromatic N) is 6. The first-order valence-corrected chi connectivity index (χ1v) is 5.46. The van der Waals surface area contributed by atoms with E-state index in [1.807, 2.05) is 23.6 Å². The summed E-state index contributed by atoms with van der Waals surface area (Å²) in [6.07, 6.45) is 3.60. The van der Waals surface area contributed by atoms with Crippen LogP contribution in [0.25, 0.3) is 5.65 Å². The Bertz CT molecular complexity index is 657. The van der Waals surface area contributed by atoms with Crippen LogP contribution >= 0.6 is 11.6 Å². The average Bonchev–Trinajstić information content (AvgIpc) is 2.88. The molecule has 0 amide bonds. The van der Waals surface area contributed by atoms with Crippen molar-refractivity contribution in [3.05, 3.63) is 41.3 Å². The van der Waals surface area contributed by atoms with Gasteiger partial charge in [-0.05, 0) is 13.0 Å². The third-order valence-corrected chi connectivity index (χ3v) is 2.65. The van der Waals surface area contributed by atoms with Crippen LogP contribution in [0.15, 0.2) is 24.5 Å². The quantitative estimate of drug-likeness (QED) is 0.642. The Kier molecular flexibility index (Phi) is 2.29. The van der Waals surface area contributed by atoms with Crippen LogP contribution in [0.4, 0.5) is 0 Å². The van der Waals surface area contributed by atoms with E-state index in [1.165, 1.54) is 0 Å². The Hall–Kier alpha value is -1.95. The van der Waals surface area contributed by atoms with Crippen molar-refractivity contribution in [2.75, 3.05) is 0 Å². The van der Waals surface area contributed by atoms with Crippen LogP contribution in [-0.4, -0.2) is 29.4 Å². The molecule has 3 rings (SSSR count). The molecule has 0 radical (unpaired) electrons. The maximum Gasteiger partial charge on any atom is 0.165 e. The van der Waals surface area contributed by atoms with Gasteiger partial charge in [0.25, 0.3) is 0 Å². The standard InChI is InChI=1S/C10H9ClN6/c1-7-13-8(11)5-9-14-15-10(17(7)9)6-16-4-2-3-12-16/h2-5H,6H2,1H3.